The number of halogens is 1. The predicted molar refractivity (Wildman–Crippen MR) is 122 cm³/mol. The summed E-state index contributed by atoms with van der Waals surface area (Å²) in [7, 11) is -3.94. The zero-order valence-corrected chi connectivity index (χ0v) is 19.1. The van der Waals surface area contributed by atoms with Gasteiger partial charge in [-0.1, -0.05) is 61.4 Å². The fraction of sp³-hybridized carbons (Fsp3) is 0.435. The fourth-order valence-corrected chi connectivity index (χ4v) is 5.51. The first-order valence-electron chi connectivity index (χ1n) is 10.5. The third-order valence-electron chi connectivity index (χ3n) is 5.55. The number of carbonyl (C=O) groups is 1. The maximum atomic E-state index is 13.0. The molecule has 1 aliphatic rings. The van der Waals surface area contributed by atoms with Crippen LogP contribution in [0.2, 0.25) is 5.02 Å². The van der Waals surface area contributed by atoms with Gasteiger partial charge in [-0.15, -0.1) is 0 Å². The molecule has 3 rings (SSSR count). The van der Waals surface area contributed by atoms with Crippen molar-refractivity contribution in [2.45, 2.75) is 69.7 Å². The summed E-state index contributed by atoms with van der Waals surface area (Å²) < 4.78 is 28.6. The van der Waals surface area contributed by atoms with Gasteiger partial charge in [-0.25, -0.2) is 8.42 Å². The molecule has 0 saturated heterocycles. The summed E-state index contributed by atoms with van der Waals surface area (Å²) in [6.07, 6.45) is 7.76. The Balaban J connectivity index is 1.80. The number of rotatable bonds is 5. The number of hydrogen-bond donors (Lipinski definition) is 2. The summed E-state index contributed by atoms with van der Waals surface area (Å²) >= 11 is 6.20. The minimum atomic E-state index is -3.94. The molecule has 0 spiro atoms. The molecule has 30 heavy (non-hydrogen) atoms. The molecule has 1 amide bonds. The standard InChI is InChI=1S/C23H29ClN2O3S/c1-16-10-13-21(17(2)14-16)26-30(28,29)22-15-18(11-12-20(22)24)23(27)25-19-8-6-4-3-5-7-9-19/h10-15,19,26H,3-9H2,1-2H3,(H,25,27). The van der Waals surface area contributed by atoms with E-state index >= 15 is 0 Å². The van der Waals surface area contributed by atoms with Gasteiger partial charge in [0.1, 0.15) is 4.90 Å². The van der Waals surface area contributed by atoms with Crippen LogP contribution in [0.4, 0.5) is 5.69 Å². The lowest BCUT2D eigenvalue weighted by atomic mass is 9.96. The van der Waals surface area contributed by atoms with Crippen molar-refractivity contribution in [2.75, 3.05) is 4.72 Å². The number of sulfonamides is 1. The summed E-state index contributed by atoms with van der Waals surface area (Å²) in [5, 5.41) is 3.15. The maximum absolute atomic E-state index is 13.0. The van der Waals surface area contributed by atoms with Gasteiger partial charge < -0.3 is 5.32 Å². The Bertz CT molecular complexity index is 1010. The number of hydrogen-bond acceptors (Lipinski definition) is 3. The van der Waals surface area contributed by atoms with Crippen LogP contribution in [0, 0.1) is 13.8 Å². The number of nitrogens with one attached hydrogen (secondary N) is 2. The highest BCUT2D eigenvalue weighted by Crippen LogP contribution is 2.27. The van der Waals surface area contributed by atoms with E-state index in [4.69, 9.17) is 11.6 Å². The van der Waals surface area contributed by atoms with Crippen LogP contribution in [0.3, 0.4) is 0 Å². The quantitative estimate of drug-likeness (QED) is 0.625. The van der Waals surface area contributed by atoms with Gasteiger partial charge in [-0.2, -0.15) is 0 Å². The van der Waals surface area contributed by atoms with E-state index in [0.29, 0.717) is 11.3 Å². The lowest BCUT2D eigenvalue weighted by Crippen LogP contribution is -2.35. The summed E-state index contributed by atoms with van der Waals surface area (Å²) in [6, 6.07) is 9.97. The molecule has 0 aromatic heterocycles. The largest absolute Gasteiger partial charge is 0.349 e. The molecule has 1 fully saturated rings. The zero-order chi connectivity index (χ0) is 21.7. The Hall–Kier alpha value is -2.05. The van der Waals surface area contributed by atoms with Crippen LogP contribution in [-0.2, 0) is 10.0 Å². The summed E-state index contributed by atoms with van der Waals surface area (Å²) in [5.41, 5.74) is 2.64. The molecule has 0 heterocycles. The lowest BCUT2D eigenvalue weighted by Gasteiger charge is -2.21. The molecule has 1 aliphatic carbocycles. The van der Waals surface area contributed by atoms with Crippen LogP contribution in [0.25, 0.3) is 0 Å². The lowest BCUT2D eigenvalue weighted by molar-refractivity contribution is 0.0930. The molecular weight excluding hydrogens is 420 g/mol. The van der Waals surface area contributed by atoms with Gasteiger partial charge >= 0.3 is 0 Å². The average molecular weight is 449 g/mol. The Morgan fingerprint density at radius 3 is 2.30 bits per heavy atom. The van der Waals surface area contributed by atoms with Crippen molar-refractivity contribution in [1.82, 2.24) is 5.32 Å². The van der Waals surface area contributed by atoms with Crippen molar-refractivity contribution < 1.29 is 13.2 Å². The number of aryl methyl sites for hydroxylation is 2. The van der Waals surface area contributed by atoms with Crippen LogP contribution < -0.4 is 10.0 Å². The predicted octanol–water partition coefficient (Wildman–Crippen LogP) is 5.60. The molecule has 0 radical (unpaired) electrons. The normalized spacial score (nSPS) is 15.8. The molecule has 0 aliphatic heterocycles. The first-order chi connectivity index (χ1) is 14.3. The molecule has 2 aromatic carbocycles. The van der Waals surface area contributed by atoms with E-state index in [2.05, 4.69) is 10.0 Å². The molecule has 2 N–H and O–H groups in total. The van der Waals surface area contributed by atoms with E-state index in [1.165, 1.54) is 31.4 Å². The minimum absolute atomic E-state index is 0.0785. The zero-order valence-electron chi connectivity index (χ0n) is 17.5. The second-order valence-corrected chi connectivity index (χ2v) is 10.1. The van der Waals surface area contributed by atoms with Crippen molar-refractivity contribution >= 4 is 33.2 Å². The number of anilines is 1. The van der Waals surface area contributed by atoms with Crippen LogP contribution in [0.1, 0.15) is 66.4 Å². The Morgan fingerprint density at radius 2 is 1.63 bits per heavy atom. The van der Waals surface area contributed by atoms with E-state index in [1.807, 2.05) is 26.0 Å². The Kier molecular flexibility index (Phi) is 7.42. The van der Waals surface area contributed by atoms with Crippen LogP contribution in [0.15, 0.2) is 41.3 Å². The highest BCUT2D eigenvalue weighted by molar-refractivity contribution is 7.92. The third kappa shape index (κ3) is 5.76. The third-order valence-corrected chi connectivity index (χ3v) is 7.40. The average Bonchev–Trinajstić information content (AvgIpc) is 2.66. The second-order valence-electron chi connectivity index (χ2n) is 8.08. The highest BCUT2D eigenvalue weighted by atomic mass is 35.5. The molecule has 0 atom stereocenters. The molecule has 0 unspecified atom stereocenters. The molecule has 5 nitrogen and oxygen atoms in total. The Labute approximate surface area is 184 Å². The maximum Gasteiger partial charge on any atom is 0.263 e. The first-order valence-corrected chi connectivity index (χ1v) is 12.3. The van der Waals surface area contributed by atoms with Gasteiger partial charge in [0.15, 0.2) is 0 Å². The summed E-state index contributed by atoms with van der Waals surface area (Å²) in [6.45, 7) is 3.78. The van der Waals surface area contributed by atoms with E-state index in [0.717, 1.165) is 36.8 Å². The SMILES string of the molecule is Cc1ccc(NS(=O)(=O)c2cc(C(=O)NC3CCCCCCC3)ccc2Cl)c(C)c1. The highest BCUT2D eigenvalue weighted by Gasteiger charge is 2.22. The molecule has 7 heteroatoms. The first kappa shape index (κ1) is 22.6. The van der Waals surface area contributed by atoms with E-state index in [9.17, 15) is 13.2 Å². The number of benzene rings is 2. The van der Waals surface area contributed by atoms with Gasteiger partial charge in [0.05, 0.1) is 10.7 Å². The molecule has 2 aromatic rings. The van der Waals surface area contributed by atoms with Gasteiger partial charge in [0.2, 0.25) is 0 Å². The fourth-order valence-electron chi connectivity index (χ4n) is 3.85. The molecule has 162 valence electrons. The Morgan fingerprint density at radius 1 is 0.967 bits per heavy atom. The second kappa shape index (κ2) is 9.84. The van der Waals surface area contributed by atoms with E-state index < -0.39 is 10.0 Å². The molecule has 0 bridgehead atoms. The van der Waals surface area contributed by atoms with Gasteiger partial charge in [0, 0.05) is 11.6 Å². The van der Waals surface area contributed by atoms with Gasteiger partial charge in [-0.05, 0) is 56.5 Å². The van der Waals surface area contributed by atoms with Crippen LogP contribution >= 0.6 is 11.6 Å². The van der Waals surface area contributed by atoms with Crippen molar-refractivity contribution in [3.05, 3.63) is 58.1 Å². The van der Waals surface area contributed by atoms with E-state index in [-0.39, 0.29) is 21.9 Å². The topological polar surface area (TPSA) is 75.3 Å². The van der Waals surface area contributed by atoms with Gasteiger partial charge in [-0.3, -0.25) is 9.52 Å². The summed E-state index contributed by atoms with van der Waals surface area (Å²) in [4.78, 5) is 12.7. The van der Waals surface area contributed by atoms with Crippen molar-refractivity contribution in [3.63, 3.8) is 0 Å². The summed E-state index contributed by atoms with van der Waals surface area (Å²) in [5.74, 6) is -0.264. The van der Waals surface area contributed by atoms with Gasteiger partial charge in [0.25, 0.3) is 15.9 Å². The van der Waals surface area contributed by atoms with Crippen LogP contribution in [0.5, 0.6) is 0 Å². The monoisotopic (exact) mass is 448 g/mol. The number of carbonyl (C=O) groups excluding carboxylic acids is 1. The van der Waals surface area contributed by atoms with Crippen LogP contribution in [-0.4, -0.2) is 20.4 Å². The van der Waals surface area contributed by atoms with Crippen molar-refractivity contribution in [3.8, 4) is 0 Å². The molecular formula is C23H29ClN2O3S. The van der Waals surface area contributed by atoms with Crippen molar-refractivity contribution in [2.24, 2.45) is 0 Å². The minimum Gasteiger partial charge on any atom is -0.349 e. The van der Waals surface area contributed by atoms with E-state index in [1.54, 1.807) is 12.1 Å². The smallest absolute Gasteiger partial charge is 0.263 e. The number of amides is 1. The van der Waals surface area contributed by atoms with Crippen molar-refractivity contribution in [1.29, 1.82) is 0 Å². The molecule has 1 saturated carbocycles.